The molecule has 1 aliphatic rings. The highest BCUT2D eigenvalue weighted by atomic mass is 19.4. The summed E-state index contributed by atoms with van der Waals surface area (Å²) in [6.07, 6.45) is 0.647. The van der Waals surface area contributed by atoms with Crippen LogP contribution in [0.5, 0.6) is 0 Å². The van der Waals surface area contributed by atoms with Gasteiger partial charge < -0.3 is 10.6 Å². The van der Waals surface area contributed by atoms with Gasteiger partial charge in [0.05, 0.1) is 16.9 Å². The van der Waals surface area contributed by atoms with Crippen LogP contribution in [0.25, 0.3) is 22.3 Å². The Morgan fingerprint density at radius 3 is 2.67 bits per heavy atom. The molecule has 0 spiro atoms. The van der Waals surface area contributed by atoms with Gasteiger partial charge in [-0.1, -0.05) is 0 Å². The van der Waals surface area contributed by atoms with Crippen LogP contribution in [0, 0.1) is 0 Å². The van der Waals surface area contributed by atoms with E-state index < -0.39 is 11.9 Å². The van der Waals surface area contributed by atoms with Crippen LogP contribution in [-0.2, 0) is 6.18 Å². The number of alkyl halides is 3. The lowest BCUT2D eigenvalue weighted by molar-refractivity contribution is -0.141. The molecule has 1 saturated heterocycles. The summed E-state index contributed by atoms with van der Waals surface area (Å²) < 4.78 is 38.1. The first-order valence-electron chi connectivity index (χ1n) is 8.77. The van der Waals surface area contributed by atoms with Crippen molar-refractivity contribution in [2.75, 3.05) is 18.4 Å². The fourth-order valence-corrected chi connectivity index (χ4v) is 3.21. The lowest BCUT2D eigenvalue weighted by Crippen LogP contribution is -2.38. The zero-order valence-corrected chi connectivity index (χ0v) is 14.4. The van der Waals surface area contributed by atoms with E-state index in [1.165, 1.54) is 12.3 Å². The van der Waals surface area contributed by atoms with Gasteiger partial charge in [0.1, 0.15) is 11.2 Å². The van der Waals surface area contributed by atoms with Gasteiger partial charge in [0.15, 0.2) is 0 Å². The van der Waals surface area contributed by atoms with Gasteiger partial charge in [0, 0.05) is 30.5 Å². The van der Waals surface area contributed by atoms with Crippen molar-refractivity contribution in [2.24, 2.45) is 0 Å². The second kappa shape index (κ2) is 7.11. The van der Waals surface area contributed by atoms with Crippen LogP contribution in [0.3, 0.4) is 0 Å². The van der Waals surface area contributed by atoms with E-state index in [0.29, 0.717) is 22.8 Å². The molecule has 2 N–H and O–H groups in total. The number of nitrogens with zero attached hydrogens (tertiary/aromatic N) is 3. The van der Waals surface area contributed by atoms with Gasteiger partial charge in [-0.25, -0.2) is 4.98 Å². The molecule has 4 rings (SSSR count). The molecule has 3 aromatic heterocycles. The van der Waals surface area contributed by atoms with E-state index in [0.717, 1.165) is 43.2 Å². The Kier molecular flexibility index (Phi) is 4.65. The molecule has 0 saturated carbocycles. The summed E-state index contributed by atoms with van der Waals surface area (Å²) in [5.74, 6) is 0. The number of rotatable bonds is 3. The number of hydrogen-bond donors (Lipinski definition) is 2. The van der Waals surface area contributed by atoms with Crippen molar-refractivity contribution in [1.82, 2.24) is 20.3 Å². The maximum Gasteiger partial charge on any atom is 0.433 e. The Bertz CT molecular complexity index is 934. The van der Waals surface area contributed by atoms with Crippen LogP contribution in [0.2, 0.25) is 0 Å². The van der Waals surface area contributed by atoms with Crippen molar-refractivity contribution in [3.05, 3.63) is 48.4 Å². The Morgan fingerprint density at radius 2 is 1.96 bits per heavy atom. The molecular weight excluding hydrogens is 355 g/mol. The van der Waals surface area contributed by atoms with Crippen molar-refractivity contribution >= 4 is 16.7 Å². The molecule has 0 amide bonds. The van der Waals surface area contributed by atoms with Gasteiger partial charge in [-0.2, -0.15) is 13.2 Å². The lowest BCUT2D eigenvalue weighted by Gasteiger charge is -2.25. The molecular formula is C19H18F3N5. The van der Waals surface area contributed by atoms with Gasteiger partial charge in [0.25, 0.3) is 0 Å². The summed E-state index contributed by atoms with van der Waals surface area (Å²) in [6.45, 7) is 1.91. The van der Waals surface area contributed by atoms with Crippen LogP contribution < -0.4 is 10.6 Å². The second-order valence-electron chi connectivity index (χ2n) is 6.54. The first-order valence-corrected chi connectivity index (χ1v) is 8.77. The number of nitrogens with one attached hydrogen (secondary N) is 2. The number of aromatic nitrogens is 3. The minimum absolute atomic E-state index is 0.308. The van der Waals surface area contributed by atoms with Crippen LogP contribution >= 0.6 is 0 Å². The summed E-state index contributed by atoms with van der Waals surface area (Å²) in [6, 6.07) is 8.10. The predicted molar refractivity (Wildman–Crippen MR) is 97.3 cm³/mol. The number of hydrogen-bond acceptors (Lipinski definition) is 5. The van der Waals surface area contributed by atoms with Crippen LogP contribution in [-0.4, -0.2) is 34.1 Å². The van der Waals surface area contributed by atoms with Crippen molar-refractivity contribution in [3.8, 4) is 11.3 Å². The molecule has 0 radical (unpaired) electrons. The highest BCUT2D eigenvalue weighted by Crippen LogP contribution is 2.30. The standard InChI is InChI=1S/C19H18F3N5/c20-19(21,22)17-6-3-12(10-25-17)14-4-5-15-18(27-14)16(7-9-24-15)26-13-2-1-8-23-11-13/h3-7,9-10,13,23H,1-2,8,11H2,(H,24,26). The molecule has 8 heteroatoms. The quantitative estimate of drug-likeness (QED) is 0.730. The fourth-order valence-electron chi connectivity index (χ4n) is 3.21. The summed E-state index contributed by atoms with van der Waals surface area (Å²) in [4.78, 5) is 12.5. The molecule has 140 valence electrons. The summed E-state index contributed by atoms with van der Waals surface area (Å²) in [5.41, 5.74) is 2.46. The minimum atomic E-state index is -4.45. The van der Waals surface area contributed by atoms with Crippen molar-refractivity contribution in [2.45, 2.75) is 25.1 Å². The van der Waals surface area contributed by atoms with E-state index in [-0.39, 0.29) is 0 Å². The molecule has 5 nitrogen and oxygen atoms in total. The molecule has 0 aromatic carbocycles. The van der Waals surface area contributed by atoms with E-state index in [1.54, 1.807) is 12.3 Å². The third kappa shape index (κ3) is 3.85. The van der Waals surface area contributed by atoms with Crippen molar-refractivity contribution in [3.63, 3.8) is 0 Å². The van der Waals surface area contributed by atoms with Crippen molar-refractivity contribution in [1.29, 1.82) is 0 Å². The average Bonchev–Trinajstić information content (AvgIpc) is 2.68. The Labute approximate surface area is 154 Å². The van der Waals surface area contributed by atoms with Gasteiger partial charge in [-0.3, -0.25) is 9.97 Å². The molecule has 3 aromatic rings. The van der Waals surface area contributed by atoms with E-state index in [1.807, 2.05) is 12.1 Å². The first kappa shape index (κ1) is 17.7. The van der Waals surface area contributed by atoms with Crippen LogP contribution in [0.1, 0.15) is 18.5 Å². The maximum atomic E-state index is 12.7. The van der Waals surface area contributed by atoms with Gasteiger partial charge in [-0.05, 0) is 49.7 Å². The van der Waals surface area contributed by atoms with Gasteiger partial charge >= 0.3 is 6.18 Å². The van der Waals surface area contributed by atoms with Crippen molar-refractivity contribution < 1.29 is 13.2 Å². The fraction of sp³-hybridized carbons (Fsp3) is 0.316. The zero-order chi connectivity index (χ0) is 18.9. The number of piperidine rings is 1. The SMILES string of the molecule is FC(F)(F)c1ccc(-c2ccc3nccc(NC4CCCNC4)c3n2)cn1. The predicted octanol–water partition coefficient (Wildman–Crippen LogP) is 3.87. The summed E-state index contributed by atoms with van der Waals surface area (Å²) >= 11 is 0. The highest BCUT2D eigenvalue weighted by molar-refractivity contribution is 5.89. The number of fused-ring (bicyclic) bond motifs is 1. The normalized spacial score (nSPS) is 17.8. The minimum Gasteiger partial charge on any atom is -0.379 e. The molecule has 0 bridgehead atoms. The maximum absolute atomic E-state index is 12.7. The monoisotopic (exact) mass is 373 g/mol. The number of pyridine rings is 3. The average molecular weight is 373 g/mol. The third-order valence-corrected chi connectivity index (χ3v) is 4.59. The summed E-state index contributed by atoms with van der Waals surface area (Å²) in [7, 11) is 0. The van der Waals surface area contributed by atoms with Crippen LogP contribution in [0.15, 0.2) is 42.7 Å². The Morgan fingerprint density at radius 1 is 1.07 bits per heavy atom. The van der Waals surface area contributed by atoms with E-state index in [2.05, 4.69) is 25.6 Å². The van der Waals surface area contributed by atoms with Crippen LogP contribution in [0.4, 0.5) is 18.9 Å². The molecule has 4 heterocycles. The van der Waals surface area contributed by atoms with E-state index in [4.69, 9.17) is 0 Å². The molecule has 1 atom stereocenters. The molecule has 1 aliphatic heterocycles. The van der Waals surface area contributed by atoms with E-state index in [9.17, 15) is 13.2 Å². The smallest absolute Gasteiger partial charge is 0.379 e. The van der Waals surface area contributed by atoms with Gasteiger partial charge in [-0.15, -0.1) is 0 Å². The van der Waals surface area contributed by atoms with E-state index >= 15 is 0 Å². The largest absolute Gasteiger partial charge is 0.433 e. The second-order valence-corrected chi connectivity index (χ2v) is 6.54. The number of halogens is 3. The molecule has 27 heavy (non-hydrogen) atoms. The summed E-state index contributed by atoms with van der Waals surface area (Å²) in [5, 5.41) is 6.86. The highest BCUT2D eigenvalue weighted by Gasteiger charge is 2.32. The lowest BCUT2D eigenvalue weighted by atomic mass is 10.1. The first-order chi connectivity index (χ1) is 13.0. The van der Waals surface area contributed by atoms with Gasteiger partial charge in [0.2, 0.25) is 0 Å². The Balaban J connectivity index is 1.67. The topological polar surface area (TPSA) is 62.7 Å². The third-order valence-electron chi connectivity index (χ3n) is 4.59. The zero-order valence-electron chi connectivity index (χ0n) is 14.4. The Hall–Kier alpha value is -2.74. The molecule has 1 fully saturated rings. The molecule has 1 unspecified atom stereocenters. The molecule has 0 aliphatic carbocycles. The number of anilines is 1.